The Morgan fingerprint density at radius 2 is 1.18 bits per heavy atom. The predicted molar refractivity (Wildman–Crippen MR) is 134 cm³/mol. The van der Waals surface area contributed by atoms with Gasteiger partial charge in [-0.2, -0.15) is 0 Å². The smallest absolute Gasteiger partial charge is 0.410 e. The van der Waals surface area contributed by atoms with Crippen molar-refractivity contribution in [3.05, 3.63) is 68.8 Å². The van der Waals surface area contributed by atoms with Crippen LogP contribution in [0, 0.1) is 20.2 Å². The van der Waals surface area contributed by atoms with Gasteiger partial charge in [-0.1, -0.05) is 24.3 Å². The van der Waals surface area contributed by atoms with Crippen LogP contribution in [0.15, 0.2) is 58.3 Å². The van der Waals surface area contributed by atoms with Gasteiger partial charge in [-0.05, 0) is 32.9 Å². The van der Waals surface area contributed by atoms with Crippen LogP contribution in [0.2, 0.25) is 0 Å². The first kappa shape index (κ1) is 30.6. The van der Waals surface area contributed by atoms with Gasteiger partial charge in [-0.15, -0.1) is 0 Å². The summed E-state index contributed by atoms with van der Waals surface area (Å²) in [5.41, 5.74) is -2.19. The van der Waals surface area contributed by atoms with Crippen molar-refractivity contribution in [1.82, 2.24) is 14.3 Å². The van der Waals surface area contributed by atoms with E-state index in [9.17, 15) is 41.9 Å². The van der Waals surface area contributed by atoms with Crippen molar-refractivity contribution in [3.63, 3.8) is 0 Å². The molecule has 38 heavy (non-hydrogen) atoms. The largest absolute Gasteiger partial charge is 0.444 e. The Hall–Kier alpha value is -3.67. The second kappa shape index (κ2) is 12.2. The van der Waals surface area contributed by atoms with E-state index in [2.05, 4.69) is 9.44 Å². The SMILES string of the molecule is CC(C)(C)OC(=O)N(CCNS(=O)(=O)c1ccccc1[N+](=O)[O-])CCNS(=O)(=O)c1ccccc1[N+](=O)[O-]. The zero-order chi connectivity index (χ0) is 28.7. The molecule has 0 aliphatic carbocycles. The number of ether oxygens (including phenoxy) is 1. The van der Waals surface area contributed by atoms with E-state index in [0.717, 1.165) is 29.2 Å². The topological polar surface area (TPSA) is 208 Å². The van der Waals surface area contributed by atoms with Gasteiger partial charge in [0.15, 0.2) is 9.79 Å². The highest BCUT2D eigenvalue weighted by molar-refractivity contribution is 7.90. The third-order valence-electron chi connectivity index (χ3n) is 4.70. The second-order valence-corrected chi connectivity index (χ2v) is 12.2. The molecule has 0 atom stereocenters. The number of para-hydroxylation sites is 2. The van der Waals surface area contributed by atoms with Crippen LogP contribution in [0.3, 0.4) is 0 Å². The lowest BCUT2D eigenvalue weighted by molar-refractivity contribution is -0.388. The predicted octanol–water partition coefficient (Wildman–Crippen LogP) is 2.00. The van der Waals surface area contributed by atoms with Gasteiger partial charge in [0.2, 0.25) is 20.0 Å². The molecule has 0 saturated heterocycles. The van der Waals surface area contributed by atoms with E-state index < -0.39 is 62.8 Å². The number of hydrogen-bond acceptors (Lipinski definition) is 10. The van der Waals surface area contributed by atoms with E-state index in [1.807, 2.05) is 0 Å². The number of carbonyl (C=O) groups excluding carboxylic acids is 1. The van der Waals surface area contributed by atoms with Gasteiger partial charge in [0.05, 0.1) is 9.85 Å². The summed E-state index contributed by atoms with van der Waals surface area (Å²) in [5.74, 6) is 0. The normalized spacial score (nSPS) is 12.1. The molecule has 2 N–H and O–H groups in total. The van der Waals surface area contributed by atoms with Crippen molar-refractivity contribution in [3.8, 4) is 0 Å². The van der Waals surface area contributed by atoms with Crippen molar-refractivity contribution in [2.24, 2.45) is 0 Å². The van der Waals surface area contributed by atoms with Crippen molar-refractivity contribution in [1.29, 1.82) is 0 Å². The first-order chi connectivity index (χ1) is 17.5. The Kier molecular flexibility index (Phi) is 9.85. The minimum atomic E-state index is -4.33. The Labute approximate surface area is 219 Å². The van der Waals surface area contributed by atoms with Gasteiger partial charge in [0.25, 0.3) is 11.4 Å². The number of nitrogens with one attached hydrogen (secondary N) is 2. The molecule has 1 amide bonds. The molecule has 2 aromatic rings. The number of rotatable bonds is 12. The van der Waals surface area contributed by atoms with Gasteiger partial charge in [0, 0.05) is 38.3 Å². The fraction of sp³-hybridized carbons (Fsp3) is 0.381. The molecule has 0 bridgehead atoms. The lowest BCUT2D eigenvalue weighted by Crippen LogP contribution is -2.44. The number of hydrogen-bond donors (Lipinski definition) is 2. The fourth-order valence-electron chi connectivity index (χ4n) is 3.08. The molecule has 2 rings (SSSR count). The van der Waals surface area contributed by atoms with Gasteiger partial charge in [-0.25, -0.2) is 31.1 Å². The Bertz CT molecular complexity index is 1310. The van der Waals surface area contributed by atoms with Crippen molar-refractivity contribution in [2.45, 2.75) is 36.2 Å². The highest BCUT2D eigenvalue weighted by Gasteiger charge is 2.28. The van der Waals surface area contributed by atoms with Crippen LogP contribution in [0.4, 0.5) is 16.2 Å². The average molecular weight is 574 g/mol. The Morgan fingerprint density at radius 1 is 0.816 bits per heavy atom. The second-order valence-electron chi connectivity index (χ2n) is 8.71. The standard InChI is InChI=1S/C21H27N5O10S2/c1-21(2,3)36-20(27)24(14-12-22-37(32,33)18-10-6-4-8-16(18)25(28)29)15-13-23-38(34,35)19-11-7-5-9-17(19)26(30)31/h4-11,22-23H,12-15H2,1-3H3. The summed E-state index contributed by atoms with van der Waals surface area (Å²) in [4.78, 5) is 33.2. The molecule has 17 heteroatoms. The summed E-state index contributed by atoms with van der Waals surface area (Å²) in [6, 6.07) is 9.44. The highest BCUT2D eigenvalue weighted by atomic mass is 32.2. The molecule has 0 fully saturated rings. The van der Waals surface area contributed by atoms with E-state index in [4.69, 9.17) is 4.74 Å². The minimum absolute atomic E-state index is 0.290. The van der Waals surface area contributed by atoms with Crippen LogP contribution >= 0.6 is 0 Å². The van der Waals surface area contributed by atoms with Crippen LogP contribution < -0.4 is 9.44 Å². The molecule has 0 heterocycles. The fourth-order valence-corrected chi connectivity index (χ4v) is 5.46. The molecule has 208 valence electrons. The van der Waals surface area contributed by atoms with E-state index in [1.54, 1.807) is 20.8 Å². The van der Waals surface area contributed by atoms with Gasteiger partial charge < -0.3 is 9.64 Å². The van der Waals surface area contributed by atoms with E-state index in [-0.39, 0.29) is 26.2 Å². The number of nitro groups is 2. The van der Waals surface area contributed by atoms with Crippen LogP contribution in [0.25, 0.3) is 0 Å². The average Bonchev–Trinajstić information content (AvgIpc) is 2.81. The molecule has 15 nitrogen and oxygen atoms in total. The number of benzene rings is 2. The monoisotopic (exact) mass is 573 g/mol. The van der Waals surface area contributed by atoms with Crippen LogP contribution in [0.5, 0.6) is 0 Å². The summed E-state index contributed by atoms with van der Waals surface area (Å²) in [7, 11) is -8.66. The molecular formula is C21H27N5O10S2. The summed E-state index contributed by atoms with van der Waals surface area (Å²) in [5, 5.41) is 22.4. The first-order valence-corrected chi connectivity index (χ1v) is 14.0. The number of amides is 1. The summed E-state index contributed by atoms with van der Waals surface area (Å²) in [6.07, 6.45) is -0.882. The highest BCUT2D eigenvalue weighted by Crippen LogP contribution is 2.23. The van der Waals surface area contributed by atoms with Crippen molar-refractivity contribution >= 4 is 37.5 Å². The zero-order valence-corrected chi connectivity index (χ0v) is 22.3. The molecule has 0 spiro atoms. The van der Waals surface area contributed by atoms with E-state index in [0.29, 0.717) is 0 Å². The van der Waals surface area contributed by atoms with Crippen molar-refractivity contribution in [2.75, 3.05) is 26.2 Å². The first-order valence-electron chi connectivity index (χ1n) is 11.0. The lowest BCUT2D eigenvalue weighted by atomic mass is 10.2. The quantitative estimate of drug-likeness (QED) is 0.279. The number of sulfonamides is 2. The minimum Gasteiger partial charge on any atom is -0.444 e. The molecule has 0 radical (unpaired) electrons. The molecule has 0 aliphatic heterocycles. The van der Waals surface area contributed by atoms with E-state index >= 15 is 0 Å². The molecule has 2 aromatic carbocycles. The van der Waals surface area contributed by atoms with E-state index in [1.165, 1.54) is 24.3 Å². The Morgan fingerprint density at radius 3 is 1.53 bits per heavy atom. The van der Waals surface area contributed by atoms with Crippen molar-refractivity contribution < 1.29 is 36.2 Å². The van der Waals surface area contributed by atoms with Crippen LogP contribution in [-0.2, 0) is 24.8 Å². The molecule has 0 unspecified atom stereocenters. The summed E-state index contributed by atoms with van der Waals surface area (Å²) >= 11 is 0. The molecular weight excluding hydrogens is 546 g/mol. The Balaban J connectivity index is 2.14. The van der Waals surface area contributed by atoms with Crippen LogP contribution in [-0.4, -0.2) is 69.5 Å². The molecule has 0 saturated carbocycles. The number of nitrogens with zero attached hydrogens (tertiary/aromatic N) is 3. The van der Waals surface area contributed by atoms with Gasteiger partial charge in [-0.3, -0.25) is 20.2 Å². The van der Waals surface area contributed by atoms with Gasteiger partial charge >= 0.3 is 6.09 Å². The molecule has 0 aliphatic rings. The number of nitro benzene ring substituents is 2. The van der Waals surface area contributed by atoms with Crippen LogP contribution in [0.1, 0.15) is 20.8 Å². The zero-order valence-electron chi connectivity index (χ0n) is 20.7. The maximum Gasteiger partial charge on any atom is 0.410 e. The number of carbonyl (C=O) groups is 1. The maximum absolute atomic E-state index is 12.7. The third kappa shape index (κ3) is 8.44. The maximum atomic E-state index is 12.7. The lowest BCUT2D eigenvalue weighted by Gasteiger charge is -2.27. The molecule has 0 aromatic heterocycles. The third-order valence-corrected chi connectivity index (χ3v) is 7.72. The summed E-state index contributed by atoms with van der Waals surface area (Å²) < 4.78 is 60.2. The van der Waals surface area contributed by atoms with Gasteiger partial charge in [0.1, 0.15) is 5.60 Å². The summed E-state index contributed by atoms with van der Waals surface area (Å²) in [6.45, 7) is 3.44.